The normalized spacial score (nSPS) is 14.3. The summed E-state index contributed by atoms with van der Waals surface area (Å²) in [7, 11) is 0. The Labute approximate surface area is 104 Å². The minimum Gasteiger partial charge on any atom is -0.283 e. The number of hydrogen-bond donors (Lipinski definition) is 1. The van der Waals surface area contributed by atoms with Crippen LogP contribution in [0.3, 0.4) is 0 Å². The third kappa shape index (κ3) is 2.42. The number of urea groups is 1. The van der Waals surface area contributed by atoms with Crippen LogP contribution in [0.1, 0.15) is 0 Å². The van der Waals surface area contributed by atoms with Gasteiger partial charge in [0.2, 0.25) is 0 Å². The van der Waals surface area contributed by atoms with Crippen LogP contribution in [0.2, 0.25) is 0 Å². The van der Waals surface area contributed by atoms with Crippen LogP contribution < -0.4 is 10.2 Å². The number of imide groups is 1. The molecule has 18 heavy (non-hydrogen) atoms. The summed E-state index contributed by atoms with van der Waals surface area (Å²) >= 11 is 1.31. The molecule has 1 aromatic rings. The summed E-state index contributed by atoms with van der Waals surface area (Å²) in [6.45, 7) is 0. The van der Waals surface area contributed by atoms with Crippen LogP contribution in [0, 0.1) is 0 Å². The van der Waals surface area contributed by atoms with Gasteiger partial charge in [0.15, 0.2) is 0 Å². The minimum absolute atomic E-state index is 0.177. The first-order valence-electron chi connectivity index (χ1n) is 4.81. The zero-order valence-electron chi connectivity index (χ0n) is 8.82. The quantitative estimate of drug-likeness (QED) is 0.791. The Balaban J connectivity index is 2.11. The number of alkyl halides is 3. The summed E-state index contributed by atoms with van der Waals surface area (Å²) < 4.78 is 36.0. The van der Waals surface area contributed by atoms with Crippen LogP contribution in [-0.4, -0.2) is 24.0 Å². The average molecular weight is 276 g/mol. The zero-order valence-corrected chi connectivity index (χ0v) is 9.64. The van der Waals surface area contributed by atoms with Crippen molar-refractivity contribution < 1.29 is 22.8 Å². The van der Waals surface area contributed by atoms with E-state index in [4.69, 9.17) is 0 Å². The number of benzene rings is 1. The van der Waals surface area contributed by atoms with Crippen LogP contribution in [-0.2, 0) is 4.79 Å². The molecule has 0 fully saturated rings. The summed E-state index contributed by atoms with van der Waals surface area (Å²) in [5.41, 5.74) is 0.495. The fourth-order valence-corrected chi connectivity index (χ4v) is 2.43. The van der Waals surface area contributed by atoms with Gasteiger partial charge in [-0.15, -0.1) is 11.8 Å². The molecule has 0 radical (unpaired) electrons. The number of carbonyl (C=O) groups is 2. The first-order valence-corrected chi connectivity index (χ1v) is 5.79. The van der Waals surface area contributed by atoms with E-state index in [1.54, 1.807) is 24.3 Å². The van der Waals surface area contributed by atoms with Gasteiger partial charge < -0.3 is 0 Å². The number of nitrogens with zero attached hydrogens (tertiary/aromatic N) is 1. The average Bonchev–Trinajstić information content (AvgIpc) is 2.71. The second kappa shape index (κ2) is 4.52. The molecule has 2 rings (SSSR count). The highest BCUT2D eigenvalue weighted by Crippen LogP contribution is 2.37. The highest BCUT2D eigenvalue weighted by molar-refractivity contribution is 8.00. The van der Waals surface area contributed by atoms with Crippen molar-refractivity contribution in [3.63, 3.8) is 0 Å². The Morgan fingerprint density at radius 3 is 2.61 bits per heavy atom. The van der Waals surface area contributed by atoms with Crippen LogP contribution in [0.15, 0.2) is 29.2 Å². The molecule has 1 aromatic carbocycles. The molecule has 0 spiro atoms. The molecule has 3 amide bonds. The number of hydrogen-bond acceptors (Lipinski definition) is 3. The highest BCUT2D eigenvalue weighted by Gasteiger charge is 2.41. The first kappa shape index (κ1) is 12.7. The van der Waals surface area contributed by atoms with Crippen molar-refractivity contribution in [2.24, 2.45) is 0 Å². The lowest BCUT2D eigenvalue weighted by atomic mass is 10.3. The summed E-state index contributed by atoms with van der Waals surface area (Å²) in [6.07, 6.45) is -5.07. The van der Waals surface area contributed by atoms with E-state index in [0.717, 1.165) is 9.80 Å². The SMILES string of the molecule is O=C(NC(=O)C(F)(F)F)N1CSc2ccccc21. The maximum absolute atomic E-state index is 12.0. The Hall–Kier alpha value is -1.70. The van der Waals surface area contributed by atoms with E-state index in [9.17, 15) is 22.8 Å². The number of anilines is 1. The molecule has 8 heteroatoms. The van der Waals surface area contributed by atoms with Crippen molar-refractivity contribution in [2.75, 3.05) is 10.8 Å². The number of fused-ring (bicyclic) bond motifs is 1. The summed E-state index contributed by atoms with van der Waals surface area (Å²) in [5.74, 6) is -2.09. The standard InChI is InChI=1S/C10H7F3N2O2S/c11-10(12,13)8(16)14-9(17)15-5-18-7-4-2-1-3-6(7)15/h1-4H,5H2,(H,14,16,17). The van der Waals surface area contributed by atoms with Gasteiger partial charge >= 0.3 is 18.1 Å². The van der Waals surface area contributed by atoms with Gasteiger partial charge in [-0.05, 0) is 12.1 Å². The van der Waals surface area contributed by atoms with Crippen molar-refractivity contribution >= 4 is 29.4 Å². The fourth-order valence-electron chi connectivity index (χ4n) is 1.41. The van der Waals surface area contributed by atoms with E-state index in [1.165, 1.54) is 17.1 Å². The van der Waals surface area contributed by atoms with Crippen LogP contribution in [0.5, 0.6) is 0 Å². The molecular weight excluding hydrogens is 269 g/mol. The lowest BCUT2D eigenvalue weighted by Gasteiger charge is -2.16. The van der Waals surface area contributed by atoms with E-state index in [0.29, 0.717) is 5.69 Å². The second-order valence-corrected chi connectivity index (χ2v) is 4.41. The molecule has 1 heterocycles. The Kier molecular flexibility index (Phi) is 3.20. The van der Waals surface area contributed by atoms with Gasteiger partial charge in [0.1, 0.15) is 0 Å². The monoisotopic (exact) mass is 276 g/mol. The molecule has 0 bridgehead atoms. The van der Waals surface area contributed by atoms with E-state index < -0.39 is 18.1 Å². The number of carbonyl (C=O) groups excluding carboxylic acids is 2. The van der Waals surface area contributed by atoms with Crippen LogP contribution in [0.4, 0.5) is 23.7 Å². The zero-order chi connectivity index (χ0) is 13.3. The largest absolute Gasteiger partial charge is 0.471 e. The number of nitrogens with one attached hydrogen (secondary N) is 1. The number of halogens is 3. The topological polar surface area (TPSA) is 49.4 Å². The van der Waals surface area contributed by atoms with Gasteiger partial charge in [0, 0.05) is 4.90 Å². The van der Waals surface area contributed by atoms with Gasteiger partial charge in [0.05, 0.1) is 11.6 Å². The molecule has 0 aromatic heterocycles. The van der Waals surface area contributed by atoms with E-state index in [-0.39, 0.29) is 5.88 Å². The van der Waals surface area contributed by atoms with Crippen molar-refractivity contribution in [3.05, 3.63) is 24.3 Å². The maximum Gasteiger partial charge on any atom is 0.471 e. The molecular formula is C10H7F3N2O2S. The molecule has 1 aliphatic rings. The summed E-state index contributed by atoms with van der Waals surface area (Å²) in [6, 6.07) is 5.70. The van der Waals surface area contributed by atoms with Gasteiger partial charge in [-0.2, -0.15) is 13.2 Å². The molecule has 0 saturated carbocycles. The van der Waals surface area contributed by atoms with Crippen molar-refractivity contribution in [3.8, 4) is 0 Å². The Morgan fingerprint density at radius 1 is 1.28 bits per heavy atom. The smallest absolute Gasteiger partial charge is 0.283 e. The van der Waals surface area contributed by atoms with Crippen molar-refractivity contribution in [1.29, 1.82) is 0 Å². The summed E-state index contributed by atoms with van der Waals surface area (Å²) in [4.78, 5) is 24.1. The van der Waals surface area contributed by atoms with E-state index in [2.05, 4.69) is 0 Å². The van der Waals surface area contributed by atoms with E-state index in [1.807, 2.05) is 0 Å². The predicted molar refractivity (Wildman–Crippen MR) is 59.2 cm³/mol. The van der Waals surface area contributed by atoms with Gasteiger partial charge in [-0.25, -0.2) is 4.79 Å². The van der Waals surface area contributed by atoms with Crippen molar-refractivity contribution in [1.82, 2.24) is 5.32 Å². The number of para-hydroxylation sites is 1. The maximum atomic E-state index is 12.0. The Morgan fingerprint density at radius 2 is 1.94 bits per heavy atom. The third-order valence-corrected chi connectivity index (χ3v) is 3.27. The third-order valence-electron chi connectivity index (χ3n) is 2.23. The molecule has 1 N–H and O–H groups in total. The molecule has 0 saturated heterocycles. The Bertz CT molecular complexity index is 504. The lowest BCUT2D eigenvalue weighted by Crippen LogP contribution is -2.47. The fraction of sp³-hybridized carbons (Fsp3) is 0.200. The molecule has 96 valence electrons. The molecule has 1 aliphatic heterocycles. The number of amides is 3. The first-order chi connectivity index (χ1) is 8.39. The predicted octanol–water partition coefficient (Wildman–Crippen LogP) is 2.35. The number of thioether (sulfide) groups is 1. The lowest BCUT2D eigenvalue weighted by molar-refractivity contribution is -0.172. The van der Waals surface area contributed by atoms with E-state index >= 15 is 0 Å². The molecule has 0 atom stereocenters. The number of rotatable bonds is 0. The van der Waals surface area contributed by atoms with Gasteiger partial charge in [-0.3, -0.25) is 15.0 Å². The van der Waals surface area contributed by atoms with Gasteiger partial charge in [0.25, 0.3) is 0 Å². The summed E-state index contributed by atoms with van der Waals surface area (Å²) in [5, 5.41) is 1.31. The van der Waals surface area contributed by atoms with Gasteiger partial charge in [-0.1, -0.05) is 12.1 Å². The molecule has 0 aliphatic carbocycles. The molecule has 0 unspecified atom stereocenters. The minimum atomic E-state index is -5.07. The highest BCUT2D eigenvalue weighted by atomic mass is 32.2. The second-order valence-electron chi connectivity index (χ2n) is 3.43. The van der Waals surface area contributed by atoms with Crippen molar-refractivity contribution in [2.45, 2.75) is 11.1 Å². The molecule has 4 nitrogen and oxygen atoms in total. The van der Waals surface area contributed by atoms with Crippen LogP contribution >= 0.6 is 11.8 Å². The van der Waals surface area contributed by atoms with Crippen LogP contribution in [0.25, 0.3) is 0 Å².